The summed E-state index contributed by atoms with van der Waals surface area (Å²) in [4.78, 5) is 7.91. The van der Waals surface area contributed by atoms with E-state index in [2.05, 4.69) is 33.2 Å². The number of hydrogen-bond donors (Lipinski definition) is 6. The molecule has 5 aromatic rings. The van der Waals surface area contributed by atoms with E-state index in [1.165, 1.54) is 110 Å². The molecule has 2 saturated heterocycles. The Balaban J connectivity index is 1.01. The van der Waals surface area contributed by atoms with Crippen molar-refractivity contribution in [3.8, 4) is 18.2 Å². The van der Waals surface area contributed by atoms with E-state index in [1.54, 1.807) is 24.3 Å². The van der Waals surface area contributed by atoms with Gasteiger partial charge in [-0.1, -0.05) is 121 Å². The average molecular weight is 1090 g/mol. The quantitative estimate of drug-likeness (QED) is 0.0201. The molecule has 24 heteroatoms. The zero-order valence-corrected chi connectivity index (χ0v) is 44.4. The fourth-order valence-corrected chi connectivity index (χ4v) is 11.0. The van der Waals surface area contributed by atoms with E-state index in [4.69, 9.17) is 44.0 Å². The highest BCUT2D eigenvalue weighted by molar-refractivity contribution is 7.48. The van der Waals surface area contributed by atoms with Gasteiger partial charge in [0.25, 0.3) is 0 Å². The lowest BCUT2D eigenvalue weighted by Gasteiger charge is -2.26. The molecule has 2 aliphatic rings. The molecule has 9 atom stereocenters. The van der Waals surface area contributed by atoms with E-state index in [-0.39, 0.29) is 36.2 Å². The van der Waals surface area contributed by atoms with Gasteiger partial charge in [-0.2, -0.15) is 26.0 Å². The number of anilines is 2. The molecule has 1 aromatic carbocycles. The number of hydrogen-bond acceptors (Lipinski definition) is 21. The molecule has 0 amide bonds. The standard InChI is InChI=1S/C53H72N11O12P/c1-2-3-4-5-6-7-8-9-10-11-12-13-14-15-16-19-26-70-29-39(71-28-38-21-18-17-20-37(38)27-54)30-72-77(69,73-31-42-46(65)48(67)52(33-55,75-42)44-24-22-40-50(57)59-35-61-63(40)44)74-32-43-47(66)49(68)53(34-56,76-43)45-25-23-41-51(58)60-36-62-64(41)45/h17-18,20-25,35-36,39,42-43,46-49,65-68H,2-16,19,26,28-32H2,1H3,(H2,57,59,61)(H2,58,60,62)/t39-,42-,43-,46-,47-,48-,49-,52+,53+/m1/s1. The van der Waals surface area contributed by atoms with Crippen molar-refractivity contribution in [2.24, 2.45) is 0 Å². The van der Waals surface area contributed by atoms with E-state index in [0.717, 1.165) is 38.3 Å². The van der Waals surface area contributed by atoms with E-state index >= 15 is 0 Å². The third-order valence-electron chi connectivity index (χ3n) is 14.2. The predicted molar refractivity (Wildman–Crippen MR) is 279 cm³/mol. The Morgan fingerprint density at radius 2 is 1.13 bits per heavy atom. The molecule has 416 valence electrons. The predicted octanol–water partition coefficient (Wildman–Crippen LogP) is 6.21. The summed E-state index contributed by atoms with van der Waals surface area (Å²) in [6, 6.07) is 18.8. The number of aromatic nitrogens is 6. The highest BCUT2D eigenvalue weighted by Gasteiger charge is 2.59. The first-order chi connectivity index (χ1) is 37.3. The van der Waals surface area contributed by atoms with Crippen LogP contribution >= 0.6 is 7.82 Å². The summed E-state index contributed by atoms with van der Waals surface area (Å²) in [5.41, 5.74) is 9.10. The second-order valence-corrected chi connectivity index (χ2v) is 21.3. The summed E-state index contributed by atoms with van der Waals surface area (Å²) >= 11 is 0. The number of aliphatic hydroxyl groups excluding tert-OH is 4. The molecule has 0 spiro atoms. The lowest BCUT2D eigenvalue weighted by atomic mass is 9.92. The maximum atomic E-state index is 15.0. The summed E-state index contributed by atoms with van der Waals surface area (Å²) in [5, 5.41) is 84.7. The molecule has 2 aliphatic heterocycles. The molecule has 4 aromatic heterocycles. The van der Waals surface area contributed by atoms with Gasteiger partial charge in [0.05, 0.1) is 56.1 Å². The van der Waals surface area contributed by atoms with Crippen molar-refractivity contribution in [1.29, 1.82) is 15.8 Å². The number of aliphatic hydroxyl groups is 4. The molecule has 0 aliphatic carbocycles. The van der Waals surface area contributed by atoms with Gasteiger partial charge in [-0.3, -0.25) is 13.6 Å². The zero-order valence-electron chi connectivity index (χ0n) is 43.6. The van der Waals surface area contributed by atoms with Gasteiger partial charge in [0.2, 0.25) is 11.2 Å². The van der Waals surface area contributed by atoms with Gasteiger partial charge in [0.15, 0.2) is 11.6 Å². The average Bonchev–Trinajstić information content (AvgIpc) is 4.30. The van der Waals surface area contributed by atoms with Gasteiger partial charge in [-0.05, 0) is 42.3 Å². The first-order valence-electron chi connectivity index (χ1n) is 26.6. The smallest absolute Gasteiger partial charge is 0.387 e. The first-order valence-corrected chi connectivity index (χ1v) is 28.1. The number of ether oxygens (including phenoxy) is 4. The van der Waals surface area contributed by atoms with Gasteiger partial charge in [-0.25, -0.2) is 23.6 Å². The molecule has 0 unspecified atom stereocenters. The number of nitrogens with zero attached hydrogens (tertiary/aromatic N) is 9. The van der Waals surface area contributed by atoms with Gasteiger partial charge in [0, 0.05) is 6.61 Å². The Bertz CT molecular complexity index is 2720. The summed E-state index contributed by atoms with van der Waals surface area (Å²) in [6.07, 6.45) is 10.4. The van der Waals surface area contributed by atoms with Gasteiger partial charge >= 0.3 is 7.82 Å². The fraction of sp³-hybridized carbons (Fsp3) is 0.604. The van der Waals surface area contributed by atoms with E-state index in [9.17, 15) is 40.8 Å². The van der Waals surface area contributed by atoms with Crippen LogP contribution in [0, 0.1) is 34.0 Å². The molecule has 7 rings (SSSR count). The van der Waals surface area contributed by atoms with E-state index in [1.807, 2.05) is 12.1 Å². The normalized spacial score (nSPS) is 23.8. The Hall–Kier alpha value is -5.68. The Kier molecular flexibility index (Phi) is 21.7. The molecule has 77 heavy (non-hydrogen) atoms. The van der Waals surface area contributed by atoms with E-state index < -0.39 is 81.6 Å². The van der Waals surface area contributed by atoms with Crippen LogP contribution in [0.3, 0.4) is 0 Å². The topological polar surface area (TPSA) is 346 Å². The van der Waals surface area contributed by atoms with Crippen LogP contribution < -0.4 is 11.5 Å². The fourth-order valence-electron chi connectivity index (χ4n) is 9.79. The number of rotatable bonds is 33. The number of phosphoric ester groups is 1. The second-order valence-electron chi connectivity index (χ2n) is 19.6. The van der Waals surface area contributed by atoms with Crippen molar-refractivity contribution >= 4 is 30.5 Å². The largest absolute Gasteiger partial charge is 0.475 e. The molecule has 6 heterocycles. The lowest BCUT2D eigenvalue weighted by molar-refractivity contribution is -0.0802. The number of unbranched alkanes of at least 4 members (excludes halogenated alkanes) is 15. The van der Waals surface area contributed by atoms with Crippen LogP contribution in [0.15, 0.2) is 61.2 Å². The Labute approximate surface area is 448 Å². The zero-order chi connectivity index (χ0) is 54.8. The van der Waals surface area contributed by atoms with Crippen molar-refractivity contribution in [3.05, 3.63) is 83.7 Å². The molecule has 0 saturated carbocycles. The molecule has 2 fully saturated rings. The molecule has 0 bridgehead atoms. The van der Waals surface area contributed by atoms with Gasteiger partial charge < -0.3 is 50.8 Å². The van der Waals surface area contributed by atoms with E-state index in [0.29, 0.717) is 28.8 Å². The van der Waals surface area contributed by atoms with Crippen molar-refractivity contribution in [1.82, 2.24) is 29.2 Å². The van der Waals surface area contributed by atoms with Crippen molar-refractivity contribution in [2.75, 3.05) is 44.5 Å². The van der Waals surface area contributed by atoms with Crippen LogP contribution in [0.4, 0.5) is 11.6 Å². The molecule has 0 radical (unpaired) electrons. The minimum Gasteiger partial charge on any atom is -0.387 e. The molecular weight excluding hydrogens is 1010 g/mol. The first kappa shape index (κ1) is 59.0. The maximum absolute atomic E-state index is 15.0. The van der Waals surface area contributed by atoms with Crippen LogP contribution in [-0.4, -0.2) is 125 Å². The summed E-state index contributed by atoms with van der Waals surface area (Å²) in [6.45, 7) is 0.400. The summed E-state index contributed by atoms with van der Waals surface area (Å²) in [7, 11) is -4.96. The van der Waals surface area contributed by atoms with Crippen LogP contribution in [0.5, 0.6) is 0 Å². The van der Waals surface area contributed by atoms with Crippen molar-refractivity contribution < 1.29 is 57.5 Å². The van der Waals surface area contributed by atoms with Gasteiger partial charge in [-0.15, -0.1) is 0 Å². The van der Waals surface area contributed by atoms with Crippen LogP contribution in [-0.2, 0) is 54.9 Å². The maximum Gasteiger partial charge on any atom is 0.475 e. The molecular formula is C53H72N11O12P. The minimum absolute atomic E-state index is 0.00296. The number of phosphoric acid groups is 1. The number of benzene rings is 1. The summed E-state index contributed by atoms with van der Waals surface area (Å²) < 4.78 is 59.5. The number of nitrogen functional groups attached to an aromatic ring is 2. The number of nitrogens with two attached hydrogens (primary N) is 2. The Morgan fingerprint density at radius 1 is 0.662 bits per heavy atom. The number of fused-ring (bicyclic) bond motifs is 2. The summed E-state index contributed by atoms with van der Waals surface area (Å²) in [5.74, 6) is 0.141. The minimum atomic E-state index is -4.96. The highest BCUT2D eigenvalue weighted by Crippen LogP contribution is 2.52. The number of nitriles is 3. The third kappa shape index (κ3) is 14.1. The lowest BCUT2D eigenvalue weighted by Crippen LogP contribution is -2.41. The monoisotopic (exact) mass is 1090 g/mol. The van der Waals surface area contributed by atoms with Crippen LogP contribution in [0.2, 0.25) is 0 Å². The highest BCUT2D eigenvalue weighted by atomic mass is 31.2. The molecule has 8 N–H and O–H groups in total. The second kappa shape index (κ2) is 28.3. The SMILES string of the molecule is CCCCCCCCCCCCCCCCCCOC[C@H](COP(=O)(OC[C@H]1O[C@@](C#N)(c2ccc3c(N)ncnn23)[C@H](O)[C@@H]1O)OC[C@H]1O[C@@](C#N)(c2ccc3c(N)ncnn23)[C@H](O)[C@@H]1O)OCc1ccccc1C#N. The molecule has 23 nitrogen and oxygen atoms in total. The Morgan fingerprint density at radius 3 is 1.60 bits per heavy atom. The van der Waals surface area contributed by atoms with Crippen LogP contribution in [0.1, 0.15) is 132 Å². The van der Waals surface area contributed by atoms with Crippen molar-refractivity contribution in [2.45, 2.75) is 170 Å². The van der Waals surface area contributed by atoms with Gasteiger partial charge in [0.1, 0.15) is 78.6 Å². The third-order valence-corrected chi connectivity index (χ3v) is 15.6. The van der Waals surface area contributed by atoms with Crippen molar-refractivity contribution in [3.63, 3.8) is 0 Å². The van der Waals surface area contributed by atoms with Crippen LogP contribution in [0.25, 0.3) is 11.0 Å².